The first kappa shape index (κ1) is 12.9. The molecule has 0 bridgehead atoms. The molecule has 6 heteroatoms. The number of ether oxygens (including phenoxy) is 1. The van der Waals surface area contributed by atoms with Crippen LogP contribution in [0.5, 0.6) is 5.75 Å². The van der Waals surface area contributed by atoms with Crippen LogP contribution in [0.15, 0.2) is 34.9 Å². The van der Waals surface area contributed by atoms with E-state index in [0.717, 1.165) is 26.9 Å². The van der Waals surface area contributed by atoms with E-state index in [2.05, 4.69) is 25.9 Å². The van der Waals surface area contributed by atoms with Crippen LogP contribution >= 0.6 is 15.9 Å². The van der Waals surface area contributed by atoms with Crippen molar-refractivity contribution in [2.24, 2.45) is 0 Å². The molecule has 3 aromatic rings. The van der Waals surface area contributed by atoms with E-state index in [9.17, 15) is 0 Å². The highest BCUT2D eigenvalue weighted by Gasteiger charge is 2.16. The number of benzene rings is 1. The molecule has 2 aromatic heterocycles. The summed E-state index contributed by atoms with van der Waals surface area (Å²) in [6, 6.07) is 7.63. The van der Waals surface area contributed by atoms with Crippen molar-refractivity contribution in [3.05, 3.63) is 40.5 Å². The average molecular weight is 333 g/mol. The lowest BCUT2D eigenvalue weighted by Gasteiger charge is -2.11. The number of hydrogen-bond donors (Lipinski definition) is 1. The van der Waals surface area contributed by atoms with Crippen LogP contribution < -0.4 is 10.5 Å². The molecular formula is C14H13BrN4O. The fourth-order valence-corrected chi connectivity index (χ4v) is 2.54. The second-order valence-corrected chi connectivity index (χ2v) is 5.34. The number of imidazole rings is 1. The van der Waals surface area contributed by atoms with Crippen molar-refractivity contribution in [3.63, 3.8) is 0 Å². The van der Waals surface area contributed by atoms with Gasteiger partial charge in [-0.05, 0) is 36.8 Å². The van der Waals surface area contributed by atoms with Crippen molar-refractivity contribution in [1.82, 2.24) is 14.5 Å². The third kappa shape index (κ3) is 1.92. The Balaban J connectivity index is 2.38. The van der Waals surface area contributed by atoms with E-state index < -0.39 is 0 Å². The standard InChI is InChI=1S/C14H13BrN4O/c1-8-5-6-17-13-12(8)18-14(16)19(13)10-7-9(15)3-4-11(10)20-2/h3-7H,1-2H3,(H2,16,18). The summed E-state index contributed by atoms with van der Waals surface area (Å²) in [5.41, 5.74) is 9.43. The van der Waals surface area contributed by atoms with Gasteiger partial charge < -0.3 is 10.5 Å². The summed E-state index contributed by atoms with van der Waals surface area (Å²) in [4.78, 5) is 8.80. The highest BCUT2D eigenvalue weighted by molar-refractivity contribution is 9.10. The van der Waals surface area contributed by atoms with Gasteiger partial charge in [0.25, 0.3) is 0 Å². The number of anilines is 1. The molecule has 3 rings (SSSR count). The van der Waals surface area contributed by atoms with Gasteiger partial charge in [-0.25, -0.2) is 9.97 Å². The van der Waals surface area contributed by atoms with E-state index in [-0.39, 0.29) is 0 Å². The molecule has 0 saturated heterocycles. The zero-order chi connectivity index (χ0) is 14.3. The minimum atomic E-state index is 0.387. The highest BCUT2D eigenvalue weighted by Crippen LogP contribution is 2.31. The number of fused-ring (bicyclic) bond motifs is 1. The van der Waals surface area contributed by atoms with Crippen molar-refractivity contribution in [2.45, 2.75) is 6.92 Å². The first-order valence-electron chi connectivity index (χ1n) is 6.05. The molecule has 2 N–H and O–H groups in total. The van der Waals surface area contributed by atoms with Gasteiger partial charge in [-0.3, -0.25) is 4.57 Å². The van der Waals surface area contributed by atoms with Gasteiger partial charge in [-0.15, -0.1) is 0 Å². The fourth-order valence-electron chi connectivity index (χ4n) is 2.19. The Kier molecular flexibility index (Phi) is 3.10. The number of nitrogen functional groups attached to an aromatic ring is 1. The molecule has 5 nitrogen and oxygen atoms in total. The number of halogens is 1. The maximum absolute atomic E-state index is 6.07. The zero-order valence-electron chi connectivity index (χ0n) is 11.1. The largest absolute Gasteiger partial charge is 0.495 e. The summed E-state index contributed by atoms with van der Waals surface area (Å²) in [7, 11) is 1.63. The Morgan fingerprint density at radius 1 is 1.30 bits per heavy atom. The monoisotopic (exact) mass is 332 g/mol. The van der Waals surface area contributed by atoms with E-state index in [4.69, 9.17) is 10.5 Å². The molecule has 0 atom stereocenters. The molecule has 1 aromatic carbocycles. The quantitative estimate of drug-likeness (QED) is 0.783. The van der Waals surface area contributed by atoms with Crippen LogP contribution in [0.25, 0.3) is 16.9 Å². The van der Waals surface area contributed by atoms with Crippen LogP contribution in [0.4, 0.5) is 5.95 Å². The highest BCUT2D eigenvalue weighted by atomic mass is 79.9. The molecule has 0 fully saturated rings. The first-order chi connectivity index (χ1) is 9.61. The Hall–Kier alpha value is -2.08. The molecule has 0 spiro atoms. The molecule has 102 valence electrons. The number of hydrogen-bond acceptors (Lipinski definition) is 4. The molecular weight excluding hydrogens is 320 g/mol. The summed E-state index contributed by atoms with van der Waals surface area (Å²) < 4.78 is 8.14. The Labute approximate surface area is 124 Å². The predicted octanol–water partition coefficient (Wildman–Crippen LogP) is 3.08. The number of aryl methyl sites for hydroxylation is 1. The Morgan fingerprint density at radius 3 is 2.85 bits per heavy atom. The molecule has 0 aliphatic carbocycles. The van der Waals surface area contributed by atoms with Crippen LogP contribution in [-0.4, -0.2) is 21.6 Å². The van der Waals surface area contributed by atoms with Crippen molar-refractivity contribution < 1.29 is 4.74 Å². The Morgan fingerprint density at radius 2 is 2.10 bits per heavy atom. The van der Waals surface area contributed by atoms with E-state index in [0.29, 0.717) is 11.7 Å². The van der Waals surface area contributed by atoms with E-state index in [1.54, 1.807) is 17.9 Å². The molecule has 0 unspecified atom stereocenters. The van der Waals surface area contributed by atoms with E-state index in [1.807, 2.05) is 31.2 Å². The van der Waals surface area contributed by atoms with Gasteiger partial charge in [0.1, 0.15) is 11.3 Å². The summed E-state index contributed by atoms with van der Waals surface area (Å²) in [5, 5.41) is 0. The number of rotatable bonds is 2. The summed E-state index contributed by atoms with van der Waals surface area (Å²) in [6.45, 7) is 1.99. The topological polar surface area (TPSA) is 66.0 Å². The summed E-state index contributed by atoms with van der Waals surface area (Å²) >= 11 is 3.46. The lowest BCUT2D eigenvalue weighted by Crippen LogP contribution is -2.03. The first-order valence-corrected chi connectivity index (χ1v) is 6.84. The number of nitrogens with two attached hydrogens (primary N) is 1. The van der Waals surface area contributed by atoms with E-state index in [1.165, 1.54) is 0 Å². The Bertz CT molecular complexity index is 797. The zero-order valence-corrected chi connectivity index (χ0v) is 12.7. The minimum absolute atomic E-state index is 0.387. The molecule has 2 heterocycles. The van der Waals surface area contributed by atoms with Crippen LogP contribution in [0.1, 0.15) is 5.56 Å². The molecule has 20 heavy (non-hydrogen) atoms. The fraction of sp³-hybridized carbons (Fsp3) is 0.143. The second kappa shape index (κ2) is 4.79. The lowest BCUT2D eigenvalue weighted by molar-refractivity contribution is 0.413. The predicted molar refractivity (Wildman–Crippen MR) is 82.3 cm³/mol. The molecule has 0 amide bonds. The van der Waals surface area contributed by atoms with Gasteiger partial charge in [0.2, 0.25) is 5.95 Å². The SMILES string of the molecule is COc1ccc(Br)cc1-n1c(N)nc2c(C)ccnc21. The molecule has 0 saturated carbocycles. The average Bonchev–Trinajstić information content (AvgIpc) is 2.76. The minimum Gasteiger partial charge on any atom is -0.495 e. The smallest absolute Gasteiger partial charge is 0.207 e. The number of nitrogens with zero attached hydrogens (tertiary/aromatic N) is 3. The number of methoxy groups -OCH3 is 1. The van der Waals surface area contributed by atoms with Gasteiger partial charge >= 0.3 is 0 Å². The third-order valence-corrected chi connectivity index (χ3v) is 3.65. The van der Waals surface area contributed by atoms with E-state index >= 15 is 0 Å². The third-order valence-electron chi connectivity index (χ3n) is 3.16. The lowest BCUT2D eigenvalue weighted by atomic mass is 10.2. The van der Waals surface area contributed by atoms with Crippen molar-refractivity contribution in [3.8, 4) is 11.4 Å². The van der Waals surface area contributed by atoms with Gasteiger partial charge in [0.05, 0.1) is 12.8 Å². The van der Waals surface area contributed by atoms with Crippen LogP contribution in [-0.2, 0) is 0 Å². The molecule has 0 radical (unpaired) electrons. The summed E-state index contributed by atoms with van der Waals surface area (Å²) in [6.07, 6.45) is 1.75. The van der Waals surface area contributed by atoms with Crippen molar-refractivity contribution in [2.75, 3.05) is 12.8 Å². The van der Waals surface area contributed by atoms with Gasteiger partial charge in [0, 0.05) is 10.7 Å². The second-order valence-electron chi connectivity index (χ2n) is 4.42. The van der Waals surface area contributed by atoms with Gasteiger partial charge in [-0.2, -0.15) is 0 Å². The number of aromatic nitrogens is 3. The van der Waals surface area contributed by atoms with Crippen molar-refractivity contribution >= 4 is 33.0 Å². The molecule has 0 aliphatic rings. The van der Waals surface area contributed by atoms with Crippen molar-refractivity contribution in [1.29, 1.82) is 0 Å². The van der Waals surface area contributed by atoms with Crippen LogP contribution in [0.2, 0.25) is 0 Å². The normalized spacial score (nSPS) is 10.9. The number of pyridine rings is 1. The van der Waals surface area contributed by atoms with Crippen LogP contribution in [0, 0.1) is 6.92 Å². The molecule has 0 aliphatic heterocycles. The summed E-state index contributed by atoms with van der Waals surface area (Å²) in [5.74, 6) is 1.10. The van der Waals surface area contributed by atoms with Gasteiger partial charge in [0.15, 0.2) is 5.65 Å². The maximum atomic E-state index is 6.07. The maximum Gasteiger partial charge on any atom is 0.207 e. The van der Waals surface area contributed by atoms with Crippen LogP contribution in [0.3, 0.4) is 0 Å². The van der Waals surface area contributed by atoms with Gasteiger partial charge in [-0.1, -0.05) is 15.9 Å².